The Morgan fingerprint density at radius 2 is 2.24 bits per heavy atom. The fraction of sp³-hybridized carbons (Fsp3) is 0.357. The minimum Gasteiger partial charge on any atom is -0.435 e. The van der Waals surface area contributed by atoms with Crippen LogP contribution in [0.25, 0.3) is 0 Å². The number of alkyl halides is 2. The third-order valence-electron chi connectivity index (χ3n) is 2.64. The molecule has 21 heavy (non-hydrogen) atoms. The average molecular weight is 300 g/mol. The van der Waals surface area contributed by atoms with E-state index in [4.69, 9.17) is 0 Å². The first-order valence-corrected chi connectivity index (χ1v) is 6.32. The van der Waals surface area contributed by atoms with Gasteiger partial charge in [-0.3, -0.25) is 0 Å². The Morgan fingerprint density at radius 1 is 1.52 bits per heavy atom. The molecule has 0 aliphatic rings. The zero-order chi connectivity index (χ0) is 15.8. The second-order valence-corrected chi connectivity index (χ2v) is 4.35. The van der Waals surface area contributed by atoms with Crippen LogP contribution >= 0.6 is 0 Å². The predicted octanol–water partition coefficient (Wildman–Crippen LogP) is 2.20. The largest absolute Gasteiger partial charge is 0.435 e. The van der Waals surface area contributed by atoms with Gasteiger partial charge in [0.25, 0.3) is 0 Å². The van der Waals surface area contributed by atoms with Crippen molar-refractivity contribution in [2.75, 3.05) is 6.54 Å². The lowest BCUT2D eigenvalue weighted by Gasteiger charge is -2.15. The molecule has 7 heteroatoms. The van der Waals surface area contributed by atoms with Crippen LogP contribution in [0.3, 0.4) is 0 Å². The molecule has 0 radical (unpaired) electrons. The van der Waals surface area contributed by atoms with Crippen molar-refractivity contribution in [1.82, 2.24) is 10.6 Å². The number of hydrogen-bond acceptors (Lipinski definition) is 3. The molecule has 0 bridgehead atoms. The summed E-state index contributed by atoms with van der Waals surface area (Å²) >= 11 is 0. The molecule has 116 valence electrons. The van der Waals surface area contributed by atoms with Gasteiger partial charge in [-0.05, 0) is 24.6 Å². The van der Waals surface area contributed by atoms with E-state index in [1.165, 1.54) is 18.2 Å². The number of urea groups is 1. The number of amides is 2. The van der Waals surface area contributed by atoms with Crippen LogP contribution in [0.4, 0.5) is 13.6 Å². The number of rotatable bonds is 7. The topological polar surface area (TPSA) is 70.6 Å². The molecule has 1 aromatic rings. The van der Waals surface area contributed by atoms with E-state index in [2.05, 4.69) is 21.9 Å². The third kappa shape index (κ3) is 6.22. The number of aliphatic hydroxyl groups is 1. The molecule has 2 amide bonds. The van der Waals surface area contributed by atoms with E-state index in [1.807, 2.05) is 0 Å². The van der Waals surface area contributed by atoms with Crippen molar-refractivity contribution in [1.29, 1.82) is 0 Å². The van der Waals surface area contributed by atoms with Crippen molar-refractivity contribution in [3.05, 3.63) is 42.5 Å². The van der Waals surface area contributed by atoms with Crippen LogP contribution in [-0.4, -0.2) is 30.3 Å². The molecular weight excluding hydrogens is 282 g/mol. The Morgan fingerprint density at radius 3 is 2.86 bits per heavy atom. The highest BCUT2D eigenvalue weighted by Crippen LogP contribution is 2.20. The van der Waals surface area contributed by atoms with E-state index >= 15 is 0 Å². The second kappa shape index (κ2) is 8.21. The number of nitrogens with one attached hydrogen (secondary N) is 2. The van der Waals surface area contributed by atoms with Gasteiger partial charge in [0.15, 0.2) is 0 Å². The minimum atomic E-state index is -2.93. The summed E-state index contributed by atoms with van der Waals surface area (Å²) in [6.07, 6.45) is 0.525. The molecule has 0 fully saturated rings. The molecule has 1 rings (SSSR count). The molecule has 0 aliphatic carbocycles. The number of ether oxygens (including phenoxy) is 1. The number of aliphatic hydroxyl groups excluding tert-OH is 1. The zero-order valence-corrected chi connectivity index (χ0v) is 11.6. The van der Waals surface area contributed by atoms with Gasteiger partial charge in [0.1, 0.15) is 5.75 Å². The fourth-order valence-electron chi connectivity index (χ4n) is 1.52. The summed E-state index contributed by atoms with van der Waals surface area (Å²) < 4.78 is 28.5. The summed E-state index contributed by atoms with van der Waals surface area (Å²) in [6.45, 7) is 2.28. The van der Waals surface area contributed by atoms with E-state index in [0.717, 1.165) is 0 Å². The summed E-state index contributed by atoms with van der Waals surface area (Å²) in [5, 5.41) is 15.0. The maximum atomic E-state index is 12.1. The predicted molar refractivity (Wildman–Crippen MR) is 74.2 cm³/mol. The number of halogens is 2. The van der Waals surface area contributed by atoms with Gasteiger partial charge in [-0.25, -0.2) is 4.79 Å². The summed E-state index contributed by atoms with van der Waals surface area (Å²) in [7, 11) is 0. The Hall–Kier alpha value is -2.15. The van der Waals surface area contributed by atoms with Crippen molar-refractivity contribution < 1.29 is 23.4 Å². The maximum Gasteiger partial charge on any atom is 0.387 e. The zero-order valence-electron chi connectivity index (χ0n) is 11.6. The Kier molecular flexibility index (Phi) is 6.61. The number of carbonyl (C=O) groups is 1. The lowest BCUT2D eigenvalue weighted by Crippen LogP contribution is -2.41. The SMILES string of the molecule is C=CC(C)NC(=O)NCC(O)c1cccc(OC(F)F)c1. The first-order chi connectivity index (χ1) is 9.92. The molecule has 0 saturated carbocycles. The van der Waals surface area contributed by atoms with Gasteiger partial charge in [0.05, 0.1) is 6.10 Å². The van der Waals surface area contributed by atoms with Crippen LogP contribution in [0.2, 0.25) is 0 Å². The van der Waals surface area contributed by atoms with Gasteiger partial charge < -0.3 is 20.5 Å². The summed E-state index contributed by atoms with van der Waals surface area (Å²) in [5.41, 5.74) is 0.366. The van der Waals surface area contributed by atoms with Crippen LogP contribution < -0.4 is 15.4 Å². The molecule has 2 atom stereocenters. The van der Waals surface area contributed by atoms with Gasteiger partial charge in [0, 0.05) is 12.6 Å². The van der Waals surface area contributed by atoms with Crippen LogP contribution in [0.15, 0.2) is 36.9 Å². The van der Waals surface area contributed by atoms with E-state index in [0.29, 0.717) is 5.56 Å². The van der Waals surface area contributed by atoms with E-state index < -0.39 is 18.7 Å². The van der Waals surface area contributed by atoms with E-state index in [1.54, 1.807) is 19.1 Å². The molecule has 3 N–H and O–H groups in total. The molecule has 0 spiro atoms. The maximum absolute atomic E-state index is 12.1. The quantitative estimate of drug-likeness (QED) is 0.676. The number of hydrogen-bond donors (Lipinski definition) is 3. The molecule has 0 heterocycles. The highest BCUT2D eigenvalue weighted by atomic mass is 19.3. The molecule has 0 aromatic heterocycles. The van der Waals surface area contributed by atoms with Gasteiger partial charge in [-0.15, -0.1) is 6.58 Å². The molecule has 1 aromatic carbocycles. The third-order valence-corrected chi connectivity index (χ3v) is 2.64. The first kappa shape index (κ1) is 16.9. The van der Waals surface area contributed by atoms with Crippen molar-refractivity contribution in [3.8, 4) is 5.75 Å². The van der Waals surface area contributed by atoms with E-state index in [-0.39, 0.29) is 18.3 Å². The monoisotopic (exact) mass is 300 g/mol. The number of carbonyl (C=O) groups excluding carboxylic acids is 1. The Bertz CT molecular complexity index is 483. The summed E-state index contributed by atoms with van der Waals surface area (Å²) in [5.74, 6) is -0.0497. The van der Waals surface area contributed by atoms with Gasteiger partial charge >= 0.3 is 12.6 Å². The van der Waals surface area contributed by atoms with Crippen LogP contribution in [0.5, 0.6) is 5.75 Å². The summed E-state index contributed by atoms with van der Waals surface area (Å²) in [4.78, 5) is 11.5. The fourth-order valence-corrected chi connectivity index (χ4v) is 1.52. The van der Waals surface area contributed by atoms with Crippen LogP contribution in [0.1, 0.15) is 18.6 Å². The molecule has 5 nitrogen and oxygen atoms in total. The molecule has 0 aliphatic heterocycles. The Balaban J connectivity index is 2.53. The Labute approximate surface area is 121 Å². The van der Waals surface area contributed by atoms with Crippen molar-refractivity contribution in [2.24, 2.45) is 0 Å². The molecule has 2 unspecified atom stereocenters. The molecule has 0 saturated heterocycles. The van der Waals surface area contributed by atoms with Gasteiger partial charge in [0.2, 0.25) is 0 Å². The smallest absolute Gasteiger partial charge is 0.387 e. The summed E-state index contributed by atoms with van der Waals surface area (Å²) in [6, 6.07) is 5.02. The average Bonchev–Trinajstić information content (AvgIpc) is 2.44. The van der Waals surface area contributed by atoms with Crippen molar-refractivity contribution in [2.45, 2.75) is 25.7 Å². The first-order valence-electron chi connectivity index (χ1n) is 6.32. The van der Waals surface area contributed by atoms with Gasteiger partial charge in [-0.2, -0.15) is 8.78 Å². The van der Waals surface area contributed by atoms with Crippen molar-refractivity contribution in [3.63, 3.8) is 0 Å². The molecular formula is C14H18F2N2O3. The minimum absolute atomic E-state index is 0.0497. The lowest BCUT2D eigenvalue weighted by molar-refractivity contribution is -0.0499. The normalized spacial score (nSPS) is 13.4. The van der Waals surface area contributed by atoms with Gasteiger partial charge in [-0.1, -0.05) is 18.2 Å². The van der Waals surface area contributed by atoms with E-state index in [9.17, 15) is 18.7 Å². The van der Waals surface area contributed by atoms with Crippen LogP contribution in [-0.2, 0) is 0 Å². The number of benzene rings is 1. The van der Waals surface area contributed by atoms with Crippen LogP contribution in [0, 0.1) is 0 Å². The highest BCUT2D eigenvalue weighted by Gasteiger charge is 2.12. The lowest BCUT2D eigenvalue weighted by atomic mass is 10.1. The van der Waals surface area contributed by atoms with Crippen molar-refractivity contribution >= 4 is 6.03 Å². The standard InChI is InChI=1S/C14H18F2N2O3/c1-3-9(2)18-14(20)17-8-12(19)10-5-4-6-11(7-10)21-13(15)16/h3-7,9,12-13,19H,1,8H2,2H3,(H2,17,18,20). The second-order valence-electron chi connectivity index (χ2n) is 4.35. The highest BCUT2D eigenvalue weighted by molar-refractivity contribution is 5.74.